The van der Waals surface area contributed by atoms with E-state index in [9.17, 15) is 0 Å². The highest BCUT2D eigenvalue weighted by atomic mass is 35.5. The van der Waals surface area contributed by atoms with Crippen LogP contribution in [0.15, 0.2) is 61.1 Å². The maximum Gasteiger partial charge on any atom is 0.174 e. The number of thiocarbonyl (C=S) groups is 1. The molecule has 0 saturated carbocycles. The van der Waals surface area contributed by atoms with Crippen molar-refractivity contribution in [3.05, 3.63) is 77.3 Å². The van der Waals surface area contributed by atoms with Crippen LogP contribution in [-0.4, -0.2) is 35.0 Å². The summed E-state index contributed by atoms with van der Waals surface area (Å²) in [6.07, 6.45) is 5.94. The van der Waals surface area contributed by atoms with Crippen molar-refractivity contribution in [3.8, 4) is 5.75 Å². The zero-order valence-corrected chi connectivity index (χ0v) is 18.4. The van der Waals surface area contributed by atoms with E-state index in [0.717, 1.165) is 16.9 Å². The van der Waals surface area contributed by atoms with Crippen molar-refractivity contribution in [1.29, 1.82) is 0 Å². The molecule has 2 atom stereocenters. The summed E-state index contributed by atoms with van der Waals surface area (Å²) in [5, 5.41) is 4.60. The van der Waals surface area contributed by atoms with E-state index < -0.39 is 0 Å². The van der Waals surface area contributed by atoms with Gasteiger partial charge in [-0.25, -0.2) is 0 Å². The van der Waals surface area contributed by atoms with Crippen molar-refractivity contribution in [2.75, 3.05) is 25.2 Å². The summed E-state index contributed by atoms with van der Waals surface area (Å²) in [5.74, 6) is 0.619. The first-order chi connectivity index (χ1) is 14.6. The molecule has 1 aliphatic rings. The summed E-state index contributed by atoms with van der Waals surface area (Å²) in [6.45, 7) is 0.938. The summed E-state index contributed by atoms with van der Waals surface area (Å²) >= 11 is 12.2. The van der Waals surface area contributed by atoms with Gasteiger partial charge >= 0.3 is 0 Å². The minimum Gasteiger partial charge on any atom is -0.490 e. The smallest absolute Gasteiger partial charge is 0.174 e. The zero-order valence-electron chi connectivity index (χ0n) is 16.8. The Bertz CT molecular complexity index is 1030. The number of pyridine rings is 1. The van der Waals surface area contributed by atoms with E-state index in [1.54, 1.807) is 13.3 Å². The Morgan fingerprint density at radius 2 is 2.07 bits per heavy atom. The van der Waals surface area contributed by atoms with Crippen molar-refractivity contribution in [1.82, 2.24) is 14.9 Å². The van der Waals surface area contributed by atoms with E-state index in [-0.39, 0.29) is 12.1 Å². The fourth-order valence-corrected chi connectivity index (χ4v) is 4.24. The number of nitrogens with one attached hydrogen (secondary N) is 1. The Morgan fingerprint density at radius 1 is 1.20 bits per heavy atom. The highest BCUT2D eigenvalue weighted by Crippen LogP contribution is 2.43. The molecule has 0 unspecified atom stereocenters. The zero-order chi connectivity index (χ0) is 21.1. The molecule has 0 amide bonds. The van der Waals surface area contributed by atoms with Crippen LogP contribution in [0, 0.1) is 0 Å². The third-order valence-corrected chi connectivity index (χ3v) is 5.64. The van der Waals surface area contributed by atoms with Crippen molar-refractivity contribution in [3.63, 3.8) is 0 Å². The molecule has 1 saturated heterocycles. The van der Waals surface area contributed by atoms with Gasteiger partial charge in [-0.2, -0.15) is 0 Å². The number of aryl methyl sites for hydroxylation is 1. The number of hydrogen-bond donors (Lipinski definition) is 1. The highest BCUT2D eigenvalue weighted by molar-refractivity contribution is 7.80. The van der Waals surface area contributed by atoms with E-state index in [2.05, 4.69) is 27.5 Å². The van der Waals surface area contributed by atoms with Crippen molar-refractivity contribution >= 4 is 34.6 Å². The molecule has 1 fully saturated rings. The van der Waals surface area contributed by atoms with Crippen molar-refractivity contribution in [2.45, 2.75) is 12.1 Å². The van der Waals surface area contributed by atoms with Crippen molar-refractivity contribution in [2.24, 2.45) is 7.05 Å². The molecular weight excluding hydrogens is 420 g/mol. The van der Waals surface area contributed by atoms with Crippen LogP contribution in [0.25, 0.3) is 0 Å². The second kappa shape index (κ2) is 9.04. The Labute approximate surface area is 186 Å². The topological polar surface area (TPSA) is 51.6 Å². The van der Waals surface area contributed by atoms with Gasteiger partial charge in [-0.05, 0) is 54.2 Å². The molecule has 3 heterocycles. The molecule has 3 aromatic rings. The Kier molecular flexibility index (Phi) is 6.22. The summed E-state index contributed by atoms with van der Waals surface area (Å²) in [6, 6.07) is 13.6. The number of aromatic nitrogens is 2. The lowest BCUT2D eigenvalue weighted by Gasteiger charge is -2.27. The van der Waals surface area contributed by atoms with Gasteiger partial charge in [0.05, 0.1) is 29.4 Å². The van der Waals surface area contributed by atoms with E-state index in [1.165, 1.54) is 0 Å². The molecule has 1 aromatic carbocycles. The minimum atomic E-state index is -0.0856. The summed E-state index contributed by atoms with van der Waals surface area (Å²) < 4.78 is 12.8. The van der Waals surface area contributed by atoms with Gasteiger partial charge < -0.3 is 24.3 Å². The lowest BCUT2D eigenvalue weighted by molar-refractivity contribution is 0.146. The molecule has 8 heteroatoms. The Morgan fingerprint density at radius 3 is 2.73 bits per heavy atom. The predicted octanol–water partition coefficient (Wildman–Crippen LogP) is 4.28. The standard InChI is InChI=1S/C22H23ClN4O2S/c1-26-10-8-15(14-26)21-20(18-5-3-4-9-24-18)25-22(30)27(21)16-6-7-19(17(23)13-16)29-12-11-28-2/h3-10,13-14,20-21H,11-12H2,1-2H3,(H,25,30)/t20-,21+/m0/s1. The van der Waals surface area contributed by atoms with E-state index in [1.807, 2.05) is 54.2 Å². The molecule has 2 aromatic heterocycles. The van der Waals surface area contributed by atoms with Gasteiger partial charge in [0.15, 0.2) is 5.11 Å². The Balaban J connectivity index is 1.70. The molecule has 0 spiro atoms. The number of nitrogens with zero attached hydrogens (tertiary/aromatic N) is 3. The lowest BCUT2D eigenvalue weighted by Crippen LogP contribution is -2.29. The molecule has 156 valence electrons. The molecule has 4 rings (SSSR count). The minimum absolute atomic E-state index is 0.0649. The van der Waals surface area contributed by atoms with Crippen LogP contribution in [0.4, 0.5) is 5.69 Å². The molecule has 6 nitrogen and oxygen atoms in total. The van der Waals surface area contributed by atoms with Gasteiger partial charge in [-0.1, -0.05) is 17.7 Å². The highest BCUT2D eigenvalue weighted by Gasteiger charge is 2.41. The molecule has 1 aliphatic heterocycles. The molecule has 0 radical (unpaired) electrons. The van der Waals surface area contributed by atoms with Crippen LogP contribution in [0.1, 0.15) is 23.3 Å². The normalized spacial score (nSPS) is 18.5. The van der Waals surface area contributed by atoms with Gasteiger partial charge in [0.1, 0.15) is 12.4 Å². The van der Waals surface area contributed by atoms with Gasteiger partial charge in [0.2, 0.25) is 0 Å². The van der Waals surface area contributed by atoms with E-state index >= 15 is 0 Å². The van der Waals surface area contributed by atoms with E-state index in [4.69, 9.17) is 33.3 Å². The lowest BCUT2D eigenvalue weighted by atomic mass is 9.98. The van der Waals surface area contributed by atoms with Crippen LogP contribution in [0.3, 0.4) is 0 Å². The first kappa shape index (κ1) is 20.7. The van der Waals surface area contributed by atoms with Crippen molar-refractivity contribution < 1.29 is 9.47 Å². The third kappa shape index (κ3) is 4.14. The Hall–Kier alpha value is -2.61. The summed E-state index contributed by atoms with van der Waals surface area (Å²) in [5.41, 5.74) is 2.96. The number of methoxy groups -OCH3 is 1. The number of halogens is 1. The van der Waals surface area contributed by atoms with E-state index in [0.29, 0.717) is 29.1 Å². The van der Waals surface area contributed by atoms with Gasteiger partial charge in [-0.15, -0.1) is 0 Å². The van der Waals surface area contributed by atoms with Crippen LogP contribution in [0.2, 0.25) is 5.02 Å². The number of benzene rings is 1. The number of rotatable bonds is 7. The third-order valence-electron chi connectivity index (χ3n) is 5.03. The molecule has 1 N–H and O–H groups in total. The monoisotopic (exact) mass is 442 g/mol. The maximum atomic E-state index is 6.51. The summed E-state index contributed by atoms with van der Waals surface area (Å²) in [7, 11) is 3.64. The quantitative estimate of drug-likeness (QED) is 0.435. The predicted molar refractivity (Wildman–Crippen MR) is 122 cm³/mol. The molecular formula is C22H23ClN4O2S. The average molecular weight is 443 g/mol. The first-order valence-corrected chi connectivity index (χ1v) is 10.4. The fourth-order valence-electron chi connectivity index (χ4n) is 3.66. The number of hydrogen-bond acceptors (Lipinski definition) is 4. The van der Waals surface area contributed by atoms with Crippen LogP contribution in [0.5, 0.6) is 5.75 Å². The average Bonchev–Trinajstić information content (AvgIpc) is 3.33. The van der Waals surface area contributed by atoms with Crippen LogP contribution < -0.4 is 15.0 Å². The maximum absolute atomic E-state index is 6.51. The first-order valence-electron chi connectivity index (χ1n) is 9.62. The van der Waals surface area contributed by atoms with Crippen LogP contribution >= 0.6 is 23.8 Å². The largest absolute Gasteiger partial charge is 0.490 e. The van der Waals surface area contributed by atoms with Gasteiger partial charge in [0.25, 0.3) is 0 Å². The number of anilines is 1. The summed E-state index contributed by atoms with van der Waals surface area (Å²) in [4.78, 5) is 6.66. The number of ether oxygens (including phenoxy) is 2. The van der Waals surface area contributed by atoms with Gasteiger partial charge in [-0.3, -0.25) is 4.98 Å². The second-order valence-corrected chi connectivity index (χ2v) is 7.86. The SMILES string of the molecule is COCCOc1ccc(N2C(=S)N[C@@H](c3ccccn3)[C@H]2c2ccn(C)c2)cc1Cl. The fraction of sp³-hybridized carbons (Fsp3) is 0.273. The molecule has 30 heavy (non-hydrogen) atoms. The second-order valence-electron chi connectivity index (χ2n) is 7.06. The van der Waals surface area contributed by atoms with Gasteiger partial charge in [0, 0.05) is 38.4 Å². The molecule has 0 bridgehead atoms. The molecule has 0 aliphatic carbocycles. The van der Waals surface area contributed by atoms with Crippen LogP contribution in [-0.2, 0) is 11.8 Å².